The Morgan fingerprint density at radius 1 is 1.03 bits per heavy atom. The molecule has 0 radical (unpaired) electrons. The Balaban J connectivity index is 1.85. The van der Waals surface area contributed by atoms with Crippen LogP contribution < -0.4 is 9.64 Å². The van der Waals surface area contributed by atoms with E-state index in [4.69, 9.17) is 4.74 Å². The molecule has 0 N–H and O–H groups in total. The molecule has 8 heteroatoms. The van der Waals surface area contributed by atoms with E-state index in [0.29, 0.717) is 11.3 Å². The van der Waals surface area contributed by atoms with E-state index < -0.39 is 29.1 Å². The fraction of sp³-hybridized carbons (Fsp3) is 0.333. The first-order valence-electron chi connectivity index (χ1n) is 10.5. The van der Waals surface area contributed by atoms with Crippen molar-refractivity contribution in [2.75, 3.05) is 39.2 Å². The summed E-state index contributed by atoms with van der Waals surface area (Å²) in [7, 11) is 5.29. The first-order chi connectivity index (χ1) is 15.3. The third-order valence-corrected chi connectivity index (χ3v) is 6.17. The number of imide groups is 1. The molecular weight excluding hydrogens is 416 g/mol. The minimum absolute atomic E-state index is 0.0277. The van der Waals surface area contributed by atoms with Gasteiger partial charge in [-0.3, -0.25) is 9.59 Å². The van der Waals surface area contributed by atoms with Crippen LogP contribution in [0, 0.1) is 11.6 Å². The summed E-state index contributed by atoms with van der Waals surface area (Å²) < 4.78 is 33.9. The van der Waals surface area contributed by atoms with Gasteiger partial charge in [-0.05, 0) is 51.2 Å². The summed E-state index contributed by atoms with van der Waals surface area (Å²) in [5.74, 6) is -2.56. The SMILES string of the molecule is COc1ccccc1C1=C(N(C)C2CCN(C)CC2)C(=O)N(c2cc(F)ccc2F)C1=O. The molecule has 2 aromatic rings. The molecule has 6 nitrogen and oxygen atoms in total. The van der Waals surface area contributed by atoms with E-state index in [0.717, 1.165) is 49.0 Å². The van der Waals surface area contributed by atoms with Crippen LogP contribution in [-0.2, 0) is 9.59 Å². The highest BCUT2D eigenvalue weighted by Crippen LogP contribution is 2.39. The van der Waals surface area contributed by atoms with Gasteiger partial charge in [0.25, 0.3) is 11.8 Å². The van der Waals surface area contributed by atoms with Gasteiger partial charge in [-0.15, -0.1) is 0 Å². The zero-order chi connectivity index (χ0) is 23.0. The first kappa shape index (κ1) is 22.0. The summed E-state index contributed by atoms with van der Waals surface area (Å²) in [5.41, 5.74) is 0.317. The minimum Gasteiger partial charge on any atom is -0.496 e. The summed E-state index contributed by atoms with van der Waals surface area (Å²) in [6.07, 6.45) is 1.62. The summed E-state index contributed by atoms with van der Waals surface area (Å²) in [4.78, 5) is 31.9. The lowest BCUT2D eigenvalue weighted by molar-refractivity contribution is -0.120. The topological polar surface area (TPSA) is 53.1 Å². The lowest BCUT2D eigenvalue weighted by atomic mass is 9.99. The number of hydrogen-bond donors (Lipinski definition) is 0. The standard InChI is InChI=1S/C24H25F2N3O3/c1-27-12-10-16(11-13-27)28(2)22-21(17-6-4-5-7-20(17)32-3)23(30)29(24(22)31)19-14-15(25)8-9-18(19)26/h4-9,14,16H,10-13H2,1-3H3. The van der Waals surface area contributed by atoms with E-state index in [2.05, 4.69) is 4.90 Å². The van der Waals surface area contributed by atoms with Crippen molar-refractivity contribution in [2.24, 2.45) is 0 Å². The predicted octanol–water partition coefficient (Wildman–Crippen LogP) is 3.28. The number of amides is 2. The van der Waals surface area contributed by atoms with Crippen LogP contribution >= 0.6 is 0 Å². The maximum Gasteiger partial charge on any atom is 0.282 e. The third-order valence-electron chi connectivity index (χ3n) is 6.17. The number of halogens is 2. The fourth-order valence-corrected chi connectivity index (χ4v) is 4.38. The summed E-state index contributed by atoms with van der Waals surface area (Å²) >= 11 is 0. The highest BCUT2D eigenvalue weighted by atomic mass is 19.1. The number of hydrogen-bond acceptors (Lipinski definition) is 5. The van der Waals surface area contributed by atoms with E-state index in [-0.39, 0.29) is 17.3 Å². The predicted molar refractivity (Wildman–Crippen MR) is 117 cm³/mol. The number of likely N-dealkylation sites (tertiary alicyclic amines) is 1. The van der Waals surface area contributed by atoms with Gasteiger partial charge in [-0.1, -0.05) is 18.2 Å². The molecule has 2 aliphatic heterocycles. The average molecular weight is 441 g/mol. The van der Waals surface area contributed by atoms with Gasteiger partial charge in [0.2, 0.25) is 0 Å². The van der Waals surface area contributed by atoms with E-state index >= 15 is 0 Å². The molecule has 4 rings (SSSR count). The molecule has 1 saturated heterocycles. The molecule has 0 atom stereocenters. The fourth-order valence-electron chi connectivity index (χ4n) is 4.38. The highest BCUT2D eigenvalue weighted by Gasteiger charge is 2.45. The Morgan fingerprint density at radius 2 is 1.72 bits per heavy atom. The van der Waals surface area contributed by atoms with Gasteiger partial charge in [-0.2, -0.15) is 0 Å². The van der Waals surface area contributed by atoms with Crippen LogP contribution in [0.1, 0.15) is 18.4 Å². The average Bonchev–Trinajstić information content (AvgIpc) is 3.05. The number of para-hydroxylation sites is 1. The van der Waals surface area contributed by atoms with Crippen molar-refractivity contribution < 1.29 is 23.1 Å². The number of likely N-dealkylation sites (N-methyl/N-ethyl adjacent to an activating group) is 1. The number of anilines is 1. The maximum absolute atomic E-state index is 14.6. The molecule has 0 spiro atoms. The Morgan fingerprint density at radius 3 is 2.41 bits per heavy atom. The van der Waals surface area contributed by atoms with Crippen molar-refractivity contribution in [3.05, 3.63) is 65.4 Å². The van der Waals surface area contributed by atoms with E-state index in [1.807, 2.05) is 11.9 Å². The molecule has 0 aliphatic carbocycles. The monoisotopic (exact) mass is 441 g/mol. The highest BCUT2D eigenvalue weighted by molar-refractivity contribution is 6.45. The van der Waals surface area contributed by atoms with Crippen LogP contribution in [-0.4, -0.2) is 62.0 Å². The van der Waals surface area contributed by atoms with Crippen LogP contribution in [0.3, 0.4) is 0 Å². The Labute approximate surface area is 185 Å². The molecule has 2 aliphatic rings. The summed E-state index contributed by atoms with van der Waals surface area (Å²) in [6.45, 7) is 1.72. The molecule has 0 bridgehead atoms. The van der Waals surface area contributed by atoms with Gasteiger partial charge in [-0.25, -0.2) is 13.7 Å². The van der Waals surface area contributed by atoms with Gasteiger partial charge in [0.15, 0.2) is 0 Å². The van der Waals surface area contributed by atoms with Crippen LogP contribution in [0.25, 0.3) is 5.57 Å². The zero-order valence-electron chi connectivity index (χ0n) is 18.3. The number of methoxy groups -OCH3 is 1. The van der Waals surface area contributed by atoms with E-state index in [1.165, 1.54) is 7.11 Å². The number of piperidine rings is 1. The minimum atomic E-state index is -0.851. The van der Waals surface area contributed by atoms with Gasteiger partial charge >= 0.3 is 0 Å². The molecule has 168 valence electrons. The van der Waals surface area contributed by atoms with Crippen molar-refractivity contribution in [1.29, 1.82) is 0 Å². The van der Waals surface area contributed by atoms with Crippen LogP contribution in [0.2, 0.25) is 0 Å². The molecule has 2 aromatic carbocycles. The number of benzene rings is 2. The Hall–Kier alpha value is -3.26. The molecule has 2 heterocycles. The van der Waals surface area contributed by atoms with Crippen molar-refractivity contribution >= 4 is 23.1 Å². The lowest BCUT2D eigenvalue weighted by Gasteiger charge is -2.36. The number of rotatable bonds is 5. The quantitative estimate of drug-likeness (QED) is 0.667. The van der Waals surface area contributed by atoms with Gasteiger partial charge in [0, 0.05) is 24.7 Å². The normalized spacial score (nSPS) is 18.0. The third kappa shape index (κ3) is 3.75. The van der Waals surface area contributed by atoms with Gasteiger partial charge < -0.3 is 14.5 Å². The Kier molecular flexibility index (Phi) is 5.97. The molecular formula is C24H25F2N3O3. The second-order valence-electron chi connectivity index (χ2n) is 8.11. The van der Waals surface area contributed by atoms with E-state index in [1.54, 1.807) is 31.3 Å². The second kappa shape index (κ2) is 8.70. The largest absolute Gasteiger partial charge is 0.496 e. The molecule has 32 heavy (non-hydrogen) atoms. The van der Waals surface area contributed by atoms with Crippen LogP contribution in [0.4, 0.5) is 14.5 Å². The number of ether oxygens (including phenoxy) is 1. The van der Waals surface area contributed by atoms with Crippen molar-refractivity contribution in [3.63, 3.8) is 0 Å². The number of carbonyl (C=O) groups excluding carboxylic acids is 2. The Bertz CT molecular complexity index is 1090. The second-order valence-corrected chi connectivity index (χ2v) is 8.11. The first-order valence-corrected chi connectivity index (χ1v) is 10.5. The molecule has 0 saturated carbocycles. The maximum atomic E-state index is 14.6. The smallest absolute Gasteiger partial charge is 0.282 e. The van der Waals surface area contributed by atoms with Gasteiger partial charge in [0.05, 0.1) is 18.4 Å². The van der Waals surface area contributed by atoms with Crippen LogP contribution in [0.15, 0.2) is 48.2 Å². The number of nitrogens with zero attached hydrogens (tertiary/aromatic N) is 3. The number of carbonyl (C=O) groups is 2. The zero-order valence-corrected chi connectivity index (χ0v) is 18.3. The lowest BCUT2D eigenvalue weighted by Crippen LogP contribution is -2.43. The molecule has 2 amide bonds. The van der Waals surface area contributed by atoms with Gasteiger partial charge in [0.1, 0.15) is 23.1 Å². The van der Waals surface area contributed by atoms with Crippen molar-refractivity contribution in [3.8, 4) is 5.75 Å². The van der Waals surface area contributed by atoms with Crippen molar-refractivity contribution in [2.45, 2.75) is 18.9 Å². The molecule has 0 unspecified atom stereocenters. The molecule has 1 fully saturated rings. The molecule has 0 aromatic heterocycles. The summed E-state index contributed by atoms with van der Waals surface area (Å²) in [5, 5.41) is 0. The van der Waals surface area contributed by atoms with E-state index in [9.17, 15) is 18.4 Å². The van der Waals surface area contributed by atoms with Crippen molar-refractivity contribution in [1.82, 2.24) is 9.80 Å². The van der Waals surface area contributed by atoms with Crippen LogP contribution in [0.5, 0.6) is 5.75 Å². The summed E-state index contributed by atoms with van der Waals surface area (Å²) in [6, 6.07) is 9.63.